The summed E-state index contributed by atoms with van der Waals surface area (Å²) >= 11 is 1.56. The normalized spacial score (nSPS) is 11.2. The third-order valence-corrected chi connectivity index (χ3v) is 3.43. The van der Waals surface area contributed by atoms with Crippen LogP contribution in [0.25, 0.3) is 0 Å². The van der Waals surface area contributed by atoms with E-state index in [1.807, 2.05) is 6.92 Å². The molecule has 1 amide bonds. The van der Waals surface area contributed by atoms with Crippen molar-refractivity contribution < 1.29 is 13.9 Å². The van der Waals surface area contributed by atoms with Gasteiger partial charge in [0, 0.05) is 10.8 Å². The second kappa shape index (κ2) is 6.80. The van der Waals surface area contributed by atoms with Crippen LogP contribution in [0, 0.1) is 5.82 Å². The highest BCUT2D eigenvalue weighted by atomic mass is 32.2. The van der Waals surface area contributed by atoms with Gasteiger partial charge in [-0.1, -0.05) is 20.8 Å². The van der Waals surface area contributed by atoms with Crippen LogP contribution < -0.4 is 10.1 Å². The Kier molecular flexibility index (Phi) is 5.66. The quantitative estimate of drug-likeness (QED) is 0.896. The zero-order chi connectivity index (χ0) is 14.5. The van der Waals surface area contributed by atoms with Gasteiger partial charge in [0.2, 0.25) is 5.91 Å². The van der Waals surface area contributed by atoms with Gasteiger partial charge in [-0.3, -0.25) is 4.79 Å². The zero-order valence-electron chi connectivity index (χ0n) is 11.7. The number of rotatable bonds is 5. The van der Waals surface area contributed by atoms with Crippen LogP contribution in [0.3, 0.4) is 0 Å². The van der Waals surface area contributed by atoms with Gasteiger partial charge in [0.15, 0.2) is 0 Å². The van der Waals surface area contributed by atoms with Gasteiger partial charge in [-0.05, 0) is 19.1 Å². The fourth-order valence-electron chi connectivity index (χ4n) is 1.34. The summed E-state index contributed by atoms with van der Waals surface area (Å²) < 4.78 is 18.4. The van der Waals surface area contributed by atoms with E-state index in [0.717, 1.165) is 0 Å². The first-order valence-electron chi connectivity index (χ1n) is 6.18. The largest absolute Gasteiger partial charge is 0.492 e. The molecule has 0 aliphatic rings. The molecule has 0 saturated carbocycles. The molecule has 1 N–H and O–H groups in total. The lowest BCUT2D eigenvalue weighted by molar-refractivity contribution is -0.113. The van der Waals surface area contributed by atoms with E-state index >= 15 is 0 Å². The van der Waals surface area contributed by atoms with Crippen molar-refractivity contribution in [1.29, 1.82) is 0 Å². The van der Waals surface area contributed by atoms with Crippen molar-refractivity contribution in [2.24, 2.45) is 0 Å². The molecule has 0 aliphatic heterocycles. The topological polar surface area (TPSA) is 38.3 Å². The molecule has 0 atom stereocenters. The predicted octanol–water partition coefficient (Wildman–Crippen LogP) is 3.69. The molecule has 5 heteroatoms. The molecule has 0 unspecified atom stereocenters. The maximum Gasteiger partial charge on any atom is 0.234 e. The molecule has 0 bridgehead atoms. The Hall–Kier alpha value is -1.23. The summed E-state index contributed by atoms with van der Waals surface area (Å²) in [4.78, 5) is 11.8. The van der Waals surface area contributed by atoms with Crippen molar-refractivity contribution >= 4 is 23.4 Å². The van der Waals surface area contributed by atoms with E-state index < -0.39 is 0 Å². The minimum Gasteiger partial charge on any atom is -0.492 e. The standard InChI is InChI=1S/C14H20FNO2S/c1-5-18-12-8-10(15)6-7-11(12)16-13(17)9-19-14(2,3)4/h6-8H,5,9H2,1-4H3,(H,16,17). The minimum absolute atomic E-state index is 0.0306. The smallest absolute Gasteiger partial charge is 0.234 e. The third-order valence-electron chi connectivity index (χ3n) is 2.15. The number of hydrogen-bond donors (Lipinski definition) is 1. The summed E-state index contributed by atoms with van der Waals surface area (Å²) in [5, 5.41) is 2.74. The summed E-state index contributed by atoms with van der Waals surface area (Å²) in [6.45, 7) is 8.38. The average Bonchev–Trinajstić information content (AvgIpc) is 2.30. The van der Waals surface area contributed by atoms with Gasteiger partial charge in [-0.25, -0.2) is 4.39 Å². The molecule has 1 aromatic rings. The van der Waals surface area contributed by atoms with E-state index in [1.165, 1.54) is 18.2 Å². The van der Waals surface area contributed by atoms with E-state index in [1.54, 1.807) is 11.8 Å². The summed E-state index contributed by atoms with van der Waals surface area (Å²) in [7, 11) is 0. The fraction of sp³-hybridized carbons (Fsp3) is 0.500. The second-order valence-corrected chi connectivity index (χ2v) is 6.82. The molecule has 1 rings (SSSR count). The molecule has 1 aromatic carbocycles. The van der Waals surface area contributed by atoms with Gasteiger partial charge < -0.3 is 10.1 Å². The minimum atomic E-state index is -0.384. The Morgan fingerprint density at radius 2 is 2.11 bits per heavy atom. The lowest BCUT2D eigenvalue weighted by atomic mass is 10.3. The highest BCUT2D eigenvalue weighted by Crippen LogP contribution is 2.27. The van der Waals surface area contributed by atoms with Crippen molar-refractivity contribution in [2.75, 3.05) is 17.7 Å². The Labute approximate surface area is 117 Å². The van der Waals surface area contributed by atoms with Crippen LogP contribution in [0.1, 0.15) is 27.7 Å². The highest BCUT2D eigenvalue weighted by molar-refractivity contribution is 8.01. The highest BCUT2D eigenvalue weighted by Gasteiger charge is 2.14. The Bertz CT molecular complexity index is 444. The molecule has 106 valence electrons. The van der Waals surface area contributed by atoms with E-state index in [9.17, 15) is 9.18 Å². The van der Waals surface area contributed by atoms with E-state index in [0.29, 0.717) is 23.8 Å². The lowest BCUT2D eigenvalue weighted by Gasteiger charge is -2.17. The SMILES string of the molecule is CCOc1cc(F)ccc1NC(=O)CSC(C)(C)C. The van der Waals surface area contributed by atoms with Crippen LogP contribution in [-0.2, 0) is 4.79 Å². The summed E-state index contributed by atoms with van der Waals surface area (Å²) in [5.41, 5.74) is 0.503. The first-order valence-corrected chi connectivity index (χ1v) is 7.16. The van der Waals surface area contributed by atoms with Gasteiger partial charge in [0.25, 0.3) is 0 Å². The first kappa shape index (κ1) is 15.8. The molecule has 3 nitrogen and oxygen atoms in total. The maximum absolute atomic E-state index is 13.1. The number of carbonyl (C=O) groups is 1. The Morgan fingerprint density at radius 3 is 2.68 bits per heavy atom. The number of halogens is 1. The average molecular weight is 285 g/mol. The van der Waals surface area contributed by atoms with Gasteiger partial charge in [0.1, 0.15) is 11.6 Å². The number of carbonyl (C=O) groups excluding carboxylic acids is 1. The van der Waals surface area contributed by atoms with Crippen molar-refractivity contribution in [2.45, 2.75) is 32.4 Å². The van der Waals surface area contributed by atoms with E-state index in [2.05, 4.69) is 26.1 Å². The molecule has 0 aliphatic carbocycles. The number of nitrogens with one attached hydrogen (secondary N) is 1. The van der Waals surface area contributed by atoms with Crippen molar-refractivity contribution in [3.8, 4) is 5.75 Å². The van der Waals surface area contributed by atoms with Crippen LogP contribution in [0.4, 0.5) is 10.1 Å². The molecule has 0 spiro atoms. The molecule has 0 fully saturated rings. The predicted molar refractivity (Wildman–Crippen MR) is 78.4 cm³/mol. The lowest BCUT2D eigenvalue weighted by Crippen LogP contribution is -2.19. The van der Waals surface area contributed by atoms with Crippen LogP contribution in [0.5, 0.6) is 5.75 Å². The summed E-state index contributed by atoms with van der Waals surface area (Å²) in [6, 6.07) is 4.09. The van der Waals surface area contributed by atoms with Crippen molar-refractivity contribution in [3.05, 3.63) is 24.0 Å². The van der Waals surface area contributed by atoms with Crippen molar-refractivity contribution in [1.82, 2.24) is 0 Å². The summed E-state index contributed by atoms with van der Waals surface area (Å²) in [6.07, 6.45) is 0. The Balaban J connectivity index is 2.68. The third kappa shape index (κ3) is 5.96. The molecular weight excluding hydrogens is 265 g/mol. The molecular formula is C14H20FNO2S. The van der Waals surface area contributed by atoms with Gasteiger partial charge >= 0.3 is 0 Å². The molecule has 0 saturated heterocycles. The van der Waals surface area contributed by atoms with Gasteiger partial charge in [-0.15, -0.1) is 11.8 Å². The molecule has 0 heterocycles. The second-order valence-electron chi connectivity index (χ2n) is 5.02. The maximum atomic E-state index is 13.1. The molecule has 0 radical (unpaired) electrons. The van der Waals surface area contributed by atoms with E-state index in [-0.39, 0.29) is 16.5 Å². The summed E-state index contributed by atoms with van der Waals surface area (Å²) in [5.74, 6) is 0.210. The molecule has 0 aromatic heterocycles. The number of ether oxygens (including phenoxy) is 1. The van der Waals surface area contributed by atoms with E-state index in [4.69, 9.17) is 4.74 Å². The van der Waals surface area contributed by atoms with Gasteiger partial charge in [0.05, 0.1) is 18.0 Å². The van der Waals surface area contributed by atoms with Crippen LogP contribution >= 0.6 is 11.8 Å². The van der Waals surface area contributed by atoms with Crippen molar-refractivity contribution in [3.63, 3.8) is 0 Å². The van der Waals surface area contributed by atoms with Gasteiger partial charge in [-0.2, -0.15) is 0 Å². The number of amides is 1. The van der Waals surface area contributed by atoms with Crippen LogP contribution in [0.2, 0.25) is 0 Å². The molecule has 19 heavy (non-hydrogen) atoms. The number of anilines is 1. The first-order chi connectivity index (χ1) is 8.81. The number of thioether (sulfide) groups is 1. The monoisotopic (exact) mass is 285 g/mol. The van der Waals surface area contributed by atoms with Crippen LogP contribution in [-0.4, -0.2) is 23.0 Å². The fourth-order valence-corrected chi connectivity index (χ4v) is 1.98. The number of benzene rings is 1. The Morgan fingerprint density at radius 1 is 1.42 bits per heavy atom. The number of hydrogen-bond acceptors (Lipinski definition) is 3. The van der Waals surface area contributed by atoms with Crippen LogP contribution in [0.15, 0.2) is 18.2 Å². The zero-order valence-corrected chi connectivity index (χ0v) is 12.6.